The lowest BCUT2D eigenvalue weighted by Crippen LogP contribution is -2.41. The Morgan fingerprint density at radius 1 is 1.27 bits per heavy atom. The lowest BCUT2D eigenvalue weighted by atomic mass is 9.81. The molecule has 1 rings (SSSR count). The van der Waals surface area contributed by atoms with Crippen molar-refractivity contribution in [3.63, 3.8) is 0 Å². The van der Waals surface area contributed by atoms with Gasteiger partial charge in [-0.1, -0.05) is 13.8 Å². The fourth-order valence-corrected chi connectivity index (χ4v) is 1.18. The van der Waals surface area contributed by atoms with E-state index in [0.29, 0.717) is 6.61 Å². The molecule has 0 radical (unpaired) electrons. The zero-order valence-electron chi connectivity index (χ0n) is 7.52. The smallest absolute Gasteiger partial charge is 0.151 e. The van der Waals surface area contributed by atoms with Gasteiger partial charge in [0.1, 0.15) is 5.60 Å². The largest absolute Gasteiger partial charge is 0.367 e. The van der Waals surface area contributed by atoms with Crippen LogP contribution in [0.25, 0.3) is 0 Å². The van der Waals surface area contributed by atoms with Crippen molar-refractivity contribution in [3.8, 4) is 0 Å². The first-order valence-corrected chi connectivity index (χ1v) is 4.08. The van der Waals surface area contributed by atoms with Gasteiger partial charge in [-0.2, -0.15) is 0 Å². The minimum Gasteiger partial charge on any atom is -0.367 e. The average molecular weight is 156 g/mol. The maximum atomic E-state index is 10.6. The lowest BCUT2D eigenvalue weighted by molar-refractivity contribution is -0.145. The fraction of sp³-hybridized carbons (Fsp3) is 0.889. The van der Waals surface area contributed by atoms with Crippen LogP contribution in [0.4, 0.5) is 0 Å². The van der Waals surface area contributed by atoms with Gasteiger partial charge in [0.05, 0.1) is 6.61 Å². The summed E-state index contributed by atoms with van der Waals surface area (Å²) < 4.78 is 5.46. The molecule has 1 saturated heterocycles. The third kappa shape index (κ3) is 2.03. The number of ether oxygens (including phenoxy) is 1. The molecule has 0 spiro atoms. The Balaban J connectivity index is 2.54. The van der Waals surface area contributed by atoms with E-state index in [1.165, 1.54) is 0 Å². The molecule has 1 atom stereocenters. The Bertz CT molecular complexity index is 151. The summed E-state index contributed by atoms with van der Waals surface area (Å²) in [6, 6.07) is 0. The molecule has 64 valence electrons. The van der Waals surface area contributed by atoms with Crippen molar-refractivity contribution in [2.24, 2.45) is 5.41 Å². The van der Waals surface area contributed by atoms with Crippen LogP contribution in [0.1, 0.15) is 33.6 Å². The van der Waals surface area contributed by atoms with Gasteiger partial charge in [0, 0.05) is 0 Å². The normalized spacial score (nSPS) is 36.6. The first-order valence-electron chi connectivity index (χ1n) is 4.08. The number of carbonyl (C=O) groups excluding carboxylic acids is 1. The summed E-state index contributed by atoms with van der Waals surface area (Å²) in [4.78, 5) is 10.6. The SMILES string of the molecule is CC1(C)CCC(C)(C=O)OC1. The van der Waals surface area contributed by atoms with Crippen LogP contribution in [0.3, 0.4) is 0 Å². The summed E-state index contributed by atoms with van der Waals surface area (Å²) in [5.41, 5.74) is -0.252. The van der Waals surface area contributed by atoms with Crippen LogP contribution >= 0.6 is 0 Å². The Morgan fingerprint density at radius 2 is 1.91 bits per heavy atom. The molecule has 0 aromatic heterocycles. The summed E-state index contributed by atoms with van der Waals surface area (Å²) in [5, 5.41) is 0. The molecule has 1 fully saturated rings. The van der Waals surface area contributed by atoms with E-state index in [-0.39, 0.29) is 5.41 Å². The summed E-state index contributed by atoms with van der Waals surface area (Å²) in [7, 11) is 0. The molecule has 1 aliphatic rings. The Kier molecular flexibility index (Phi) is 2.06. The van der Waals surface area contributed by atoms with Crippen LogP contribution in [0.15, 0.2) is 0 Å². The molecule has 0 aromatic rings. The van der Waals surface area contributed by atoms with Gasteiger partial charge in [-0.15, -0.1) is 0 Å². The van der Waals surface area contributed by atoms with Crippen LogP contribution in [-0.2, 0) is 9.53 Å². The molecule has 1 aliphatic heterocycles. The van der Waals surface area contributed by atoms with Crippen LogP contribution in [-0.4, -0.2) is 18.5 Å². The molecule has 0 amide bonds. The van der Waals surface area contributed by atoms with E-state index < -0.39 is 5.60 Å². The van der Waals surface area contributed by atoms with Gasteiger partial charge in [0.15, 0.2) is 6.29 Å². The second-order valence-corrected chi connectivity index (χ2v) is 4.38. The van der Waals surface area contributed by atoms with E-state index in [9.17, 15) is 4.79 Å². The topological polar surface area (TPSA) is 26.3 Å². The molecule has 2 heteroatoms. The molecule has 0 N–H and O–H groups in total. The maximum absolute atomic E-state index is 10.6. The highest BCUT2D eigenvalue weighted by Gasteiger charge is 2.35. The minimum absolute atomic E-state index is 0.252. The molecule has 0 aliphatic carbocycles. The summed E-state index contributed by atoms with van der Waals surface area (Å²) in [6.45, 7) is 6.88. The van der Waals surface area contributed by atoms with Gasteiger partial charge in [0.2, 0.25) is 0 Å². The molecular formula is C9H16O2. The highest BCUT2D eigenvalue weighted by molar-refractivity contribution is 5.61. The highest BCUT2D eigenvalue weighted by Crippen LogP contribution is 2.34. The molecule has 0 aromatic carbocycles. The predicted octanol–water partition coefficient (Wildman–Crippen LogP) is 1.78. The molecule has 2 nitrogen and oxygen atoms in total. The van der Waals surface area contributed by atoms with E-state index in [0.717, 1.165) is 19.1 Å². The second-order valence-electron chi connectivity index (χ2n) is 4.38. The standard InChI is InChI=1S/C9H16O2/c1-8(2)4-5-9(3,6-10)11-7-8/h6H,4-5,7H2,1-3H3. The molecule has 0 bridgehead atoms. The number of hydrogen-bond donors (Lipinski definition) is 0. The van der Waals surface area contributed by atoms with Crippen molar-refractivity contribution in [1.82, 2.24) is 0 Å². The van der Waals surface area contributed by atoms with Gasteiger partial charge >= 0.3 is 0 Å². The highest BCUT2D eigenvalue weighted by atomic mass is 16.5. The van der Waals surface area contributed by atoms with E-state index in [1.807, 2.05) is 6.92 Å². The number of carbonyl (C=O) groups is 1. The van der Waals surface area contributed by atoms with E-state index in [2.05, 4.69) is 13.8 Å². The van der Waals surface area contributed by atoms with E-state index in [1.54, 1.807) is 0 Å². The van der Waals surface area contributed by atoms with Crippen molar-refractivity contribution >= 4 is 6.29 Å². The van der Waals surface area contributed by atoms with Gasteiger partial charge in [0.25, 0.3) is 0 Å². The Labute approximate surface area is 67.9 Å². The van der Waals surface area contributed by atoms with Crippen molar-refractivity contribution in [2.45, 2.75) is 39.2 Å². The first-order chi connectivity index (χ1) is 4.97. The van der Waals surface area contributed by atoms with Crippen molar-refractivity contribution in [3.05, 3.63) is 0 Å². The van der Waals surface area contributed by atoms with Crippen molar-refractivity contribution in [2.75, 3.05) is 6.61 Å². The number of aldehydes is 1. The fourth-order valence-electron chi connectivity index (χ4n) is 1.18. The van der Waals surface area contributed by atoms with Gasteiger partial charge in [-0.25, -0.2) is 0 Å². The quantitative estimate of drug-likeness (QED) is 0.541. The van der Waals surface area contributed by atoms with Gasteiger partial charge in [-0.05, 0) is 25.2 Å². The monoisotopic (exact) mass is 156 g/mol. The zero-order chi connectivity index (χ0) is 8.54. The number of hydrogen-bond acceptors (Lipinski definition) is 2. The predicted molar refractivity (Wildman–Crippen MR) is 43.4 cm³/mol. The molecule has 0 saturated carbocycles. The zero-order valence-corrected chi connectivity index (χ0v) is 7.52. The summed E-state index contributed by atoms with van der Waals surface area (Å²) in [5.74, 6) is 0. The van der Waals surface area contributed by atoms with Crippen LogP contribution in [0, 0.1) is 5.41 Å². The maximum Gasteiger partial charge on any atom is 0.151 e. The summed E-state index contributed by atoms with van der Waals surface area (Å²) in [6.07, 6.45) is 2.84. The molecular weight excluding hydrogens is 140 g/mol. The van der Waals surface area contributed by atoms with Crippen LogP contribution in [0.5, 0.6) is 0 Å². The second kappa shape index (κ2) is 2.59. The molecule has 1 heterocycles. The van der Waals surface area contributed by atoms with Crippen LogP contribution in [0.2, 0.25) is 0 Å². The summed E-state index contributed by atoms with van der Waals surface area (Å²) >= 11 is 0. The number of rotatable bonds is 1. The Hall–Kier alpha value is -0.370. The molecule has 11 heavy (non-hydrogen) atoms. The minimum atomic E-state index is -0.504. The van der Waals surface area contributed by atoms with Gasteiger partial charge in [-0.3, -0.25) is 0 Å². The lowest BCUT2D eigenvalue weighted by Gasteiger charge is -2.38. The van der Waals surface area contributed by atoms with E-state index >= 15 is 0 Å². The Morgan fingerprint density at radius 3 is 2.27 bits per heavy atom. The third-order valence-corrected chi connectivity index (χ3v) is 2.34. The molecule has 1 unspecified atom stereocenters. The van der Waals surface area contributed by atoms with Crippen molar-refractivity contribution < 1.29 is 9.53 Å². The van der Waals surface area contributed by atoms with E-state index in [4.69, 9.17) is 4.74 Å². The van der Waals surface area contributed by atoms with Gasteiger partial charge < -0.3 is 9.53 Å². The average Bonchev–Trinajstić information content (AvgIpc) is 1.97. The van der Waals surface area contributed by atoms with Crippen LogP contribution < -0.4 is 0 Å². The van der Waals surface area contributed by atoms with Crippen molar-refractivity contribution in [1.29, 1.82) is 0 Å². The third-order valence-electron chi connectivity index (χ3n) is 2.34. The first kappa shape index (κ1) is 8.72.